The van der Waals surface area contributed by atoms with Gasteiger partial charge in [-0.3, -0.25) is 0 Å². The topological polar surface area (TPSA) is 64.1 Å². The number of hydrogen-bond acceptors (Lipinski definition) is 5. The van der Waals surface area contributed by atoms with Crippen molar-refractivity contribution in [3.63, 3.8) is 0 Å². The molecule has 3 rings (SSSR count). The summed E-state index contributed by atoms with van der Waals surface area (Å²) in [7, 11) is 0. The molecule has 0 spiro atoms. The van der Waals surface area contributed by atoms with Crippen LogP contribution in [-0.2, 0) is 0 Å². The third-order valence-corrected chi connectivity index (χ3v) is 3.08. The van der Waals surface area contributed by atoms with Gasteiger partial charge < -0.3 is 14.3 Å². The zero-order valence-electron chi connectivity index (χ0n) is 9.56. The highest BCUT2D eigenvalue weighted by molar-refractivity contribution is 5.49. The second-order valence-electron chi connectivity index (χ2n) is 4.33. The van der Waals surface area contributed by atoms with E-state index in [0.717, 1.165) is 24.4 Å². The molecule has 0 bridgehead atoms. The van der Waals surface area contributed by atoms with Gasteiger partial charge in [0.25, 0.3) is 5.89 Å². The maximum absolute atomic E-state index is 5.24. The molecule has 2 aromatic heterocycles. The summed E-state index contributed by atoms with van der Waals surface area (Å²) in [6.07, 6.45) is 8.00. The monoisotopic (exact) mass is 233 g/mol. The summed E-state index contributed by atoms with van der Waals surface area (Å²) in [6.45, 7) is 1.03. The average Bonchev–Trinajstić information content (AvgIpc) is 2.95. The van der Waals surface area contributed by atoms with Crippen LogP contribution in [0.1, 0.15) is 37.5 Å². The van der Waals surface area contributed by atoms with Crippen molar-refractivity contribution in [2.45, 2.75) is 31.7 Å². The first-order valence-electron chi connectivity index (χ1n) is 6.03. The summed E-state index contributed by atoms with van der Waals surface area (Å²) in [6, 6.07) is 2.04. The molecule has 0 unspecified atom stereocenters. The van der Waals surface area contributed by atoms with Crippen molar-refractivity contribution < 1.29 is 8.94 Å². The van der Waals surface area contributed by atoms with E-state index in [2.05, 4.69) is 15.5 Å². The second kappa shape index (κ2) is 4.71. The van der Waals surface area contributed by atoms with Gasteiger partial charge in [-0.05, 0) is 25.5 Å². The normalized spacial score (nSPS) is 21.3. The number of nitrogens with zero attached hydrogens (tertiary/aromatic N) is 2. The average molecular weight is 233 g/mol. The zero-order chi connectivity index (χ0) is 11.5. The molecule has 1 aliphatic heterocycles. The van der Waals surface area contributed by atoms with E-state index in [1.165, 1.54) is 19.3 Å². The van der Waals surface area contributed by atoms with Gasteiger partial charge in [0.15, 0.2) is 5.82 Å². The van der Waals surface area contributed by atoms with Crippen molar-refractivity contribution in [1.82, 2.24) is 15.5 Å². The lowest BCUT2D eigenvalue weighted by Crippen LogP contribution is -2.21. The molecule has 0 saturated carbocycles. The van der Waals surface area contributed by atoms with Crippen molar-refractivity contribution >= 4 is 0 Å². The molecule has 0 aliphatic carbocycles. The smallest absolute Gasteiger partial charge is 0.261 e. The van der Waals surface area contributed by atoms with Crippen LogP contribution >= 0.6 is 0 Å². The summed E-state index contributed by atoms with van der Waals surface area (Å²) in [5, 5.41) is 7.50. The van der Waals surface area contributed by atoms with Gasteiger partial charge in [0, 0.05) is 0 Å². The Morgan fingerprint density at radius 1 is 1.29 bits per heavy atom. The molecule has 1 atom stereocenters. The predicted octanol–water partition coefficient (Wildman–Crippen LogP) is 2.53. The Labute approximate surface area is 99.2 Å². The predicted molar refractivity (Wildman–Crippen MR) is 61.2 cm³/mol. The largest absolute Gasteiger partial charge is 0.472 e. The number of rotatable bonds is 2. The van der Waals surface area contributed by atoms with Gasteiger partial charge in [-0.15, -0.1) is 0 Å². The van der Waals surface area contributed by atoms with E-state index in [9.17, 15) is 0 Å². The SMILES string of the molecule is c1cc(-c2nc([C@H]3CCCCCN3)no2)co1. The van der Waals surface area contributed by atoms with Gasteiger partial charge in [0.2, 0.25) is 0 Å². The Morgan fingerprint density at radius 3 is 3.18 bits per heavy atom. The number of hydrogen-bond donors (Lipinski definition) is 1. The van der Waals surface area contributed by atoms with Crippen molar-refractivity contribution in [2.75, 3.05) is 6.54 Å². The van der Waals surface area contributed by atoms with E-state index >= 15 is 0 Å². The lowest BCUT2D eigenvalue weighted by molar-refractivity contribution is 0.402. The molecule has 1 fully saturated rings. The van der Waals surface area contributed by atoms with Crippen LogP contribution in [0.15, 0.2) is 27.5 Å². The summed E-state index contributed by atoms with van der Waals surface area (Å²) in [4.78, 5) is 4.42. The minimum Gasteiger partial charge on any atom is -0.472 e. The number of aromatic nitrogens is 2. The fraction of sp³-hybridized carbons (Fsp3) is 0.500. The molecule has 5 nitrogen and oxygen atoms in total. The van der Waals surface area contributed by atoms with Crippen molar-refractivity contribution in [2.24, 2.45) is 0 Å². The summed E-state index contributed by atoms with van der Waals surface area (Å²) < 4.78 is 10.2. The highest BCUT2D eigenvalue weighted by Crippen LogP contribution is 2.23. The summed E-state index contributed by atoms with van der Waals surface area (Å²) in [5.41, 5.74) is 0.831. The Balaban J connectivity index is 1.79. The lowest BCUT2D eigenvalue weighted by atomic mass is 10.1. The van der Waals surface area contributed by atoms with Crippen LogP contribution in [0.5, 0.6) is 0 Å². The van der Waals surface area contributed by atoms with E-state index < -0.39 is 0 Å². The molecule has 2 aromatic rings. The molecular weight excluding hydrogens is 218 g/mol. The molecule has 1 saturated heterocycles. The van der Waals surface area contributed by atoms with Gasteiger partial charge in [-0.1, -0.05) is 18.0 Å². The molecule has 5 heteroatoms. The molecule has 0 aromatic carbocycles. The van der Waals surface area contributed by atoms with Gasteiger partial charge in [-0.25, -0.2) is 0 Å². The van der Waals surface area contributed by atoms with E-state index in [-0.39, 0.29) is 6.04 Å². The highest BCUT2D eigenvalue weighted by atomic mass is 16.5. The van der Waals surface area contributed by atoms with E-state index in [0.29, 0.717) is 5.89 Å². The Bertz CT molecular complexity index is 456. The fourth-order valence-electron chi connectivity index (χ4n) is 2.13. The Kier molecular flexibility index (Phi) is 2.92. The minimum absolute atomic E-state index is 0.224. The minimum atomic E-state index is 0.224. The van der Waals surface area contributed by atoms with Crippen molar-refractivity contribution in [1.29, 1.82) is 0 Å². The van der Waals surface area contributed by atoms with Crippen LogP contribution in [-0.4, -0.2) is 16.7 Å². The van der Waals surface area contributed by atoms with Crippen LogP contribution in [0.3, 0.4) is 0 Å². The third kappa shape index (κ3) is 2.24. The van der Waals surface area contributed by atoms with Crippen LogP contribution in [0.2, 0.25) is 0 Å². The van der Waals surface area contributed by atoms with Crippen LogP contribution in [0, 0.1) is 0 Å². The third-order valence-electron chi connectivity index (χ3n) is 3.08. The van der Waals surface area contributed by atoms with Crippen LogP contribution < -0.4 is 5.32 Å². The van der Waals surface area contributed by atoms with Crippen molar-refractivity contribution in [3.05, 3.63) is 24.4 Å². The quantitative estimate of drug-likeness (QED) is 0.863. The zero-order valence-corrected chi connectivity index (χ0v) is 9.56. The maximum atomic E-state index is 5.24. The summed E-state index contributed by atoms with van der Waals surface area (Å²) >= 11 is 0. The van der Waals surface area contributed by atoms with Gasteiger partial charge >= 0.3 is 0 Å². The van der Waals surface area contributed by atoms with Gasteiger partial charge in [0.05, 0.1) is 17.9 Å². The van der Waals surface area contributed by atoms with Crippen molar-refractivity contribution in [3.8, 4) is 11.5 Å². The Hall–Kier alpha value is -1.62. The van der Waals surface area contributed by atoms with Gasteiger partial charge in [-0.2, -0.15) is 4.98 Å². The molecule has 0 radical (unpaired) electrons. The second-order valence-corrected chi connectivity index (χ2v) is 4.33. The van der Waals surface area contributed by atoms with Crippen LogP contribution in [0.4, 0.5) is 0 Å². The molecule has 1 aliphatic rings. The van der Waals surface area contributed by atoms with Gasteiger partial charge in [0.1, 0.15) is 6.26 Å². The Morgan fingerprint density at radius 2 is 2.29 bits per heavy atom. The molecule has 17 heavy (non-hydrogen) atoms. The van der Waals surface area contributed by atoms with Crippen LogP contribution in [0.25, 0.3) is 11.5 Å². The fourth-order valence-corrected chi connectivity index (χ4v) is 2.13. The lowest BCUT2D eigenvalue weighted by Gasteiger charge is -2.09. The molecule has 90 valence electrons. The molecule has 0 amide bonds. The molecular formula is C12H15N3O2. The molecule has 3 heterocycles. The first kappa shape index (κ1) is 10.5. The van der Waals surface area contributed by atoms with E-state index in [1.54, 1.807) is 12.5 Å². The van der Waals surface area contributed by atoms with E-state index in [4.69, 9.17) is 8.94 Å². The number of nitrogens with one attached hydrogen (secondary N) is 1. The molecule has 1 N–H and O–H groups in total. The maximum Gasteiger partial charge on any atom is 0.261 e. The number of furan rings is 1. The first-order valence-corrected chi connectivity index (χ1v) is 6.03. The first-order chi connectivity index (χ1) is 8.43. The summed E-state index contributed by atoms with van der Waals surface area (Å²) in [5.74, 6) is 1.28. The van der Waals surface area contributed by atoms with E-state index in [1.807, 2.05) is 6.07 Å². The standard InChI is InChI=1S/C12H15N3O2/c1-2-4-10(13-6-3-1)11-14-12(17-15-11)9-5-7-16-8-9/h5,7-8,10,13H,1-4,6H2/t10-/m1/s1. The highest BCUT2D eigenvalue weighted by Gasteiger charge is 2.20.